The molecule has 0 radical (unpaired) electrons. The van der Waals surface area contributed by atoms with Gasteiger partial charge in [-0.25, -0.2) is 4.98 Å². The van der Waals surface area contributed by atoms with Crippen LogP contribution in [0.1, 0.15) is 38.4 Å². The SMILES string of the molecule is CCCCCCn1ccnc1CNN. The van der Waals surface area contributed by atoms with Gasteiger partial charge in [0.15, 0.2) is 0 Å². The number of aromatic nitrogens is 2. The van der Waals surface area contributed by atoms with Crippen LogP contribution in [0.15, 0.2) is 12.4 Å². The first kappa shape index (κ1) is 11.2. The van der Waals surface area contributed by atoms with Gasteiger partial charge in [-0.05, 0) is 6.42 Å². The summed E-state index contributed by atoms with van der Waals surface area (Å²) in [5.74, 6) is 6.28. The lowest BCUT2D eigenvalue weighted by molar-refractivity contribution is 0.551. The zero-order chi connectivity index (χ0) is 10.2. The van der Waals surface area contributed by atoms with E-state index in [0.717, 1.165) is 12.4 Å². The van der Waals surface area contributed by atoms with E-state index in [1.165, 1.54) is 25.7 Å². The zero-order valence-corrected chi connectivity index (χ0v) is 8.87. The number of nitrogens with two attached hydrogens (primary N) is 1. The van der Waals surface area contributed by atoms with Gasteiger partial charge in [0.2, 0.25) is 0 Å². The van der Waals surface area contributed by atoms with Gasteiger partial charge in [-0.1, -0.05) is 26.2 Å². The molecular formula is C10H20N4. The van der Waals surface area contributed by atoms with Crippen LogP contribution in [-0.4, -0.2) is 9.55 Å². The van der Waals surface area contributed by atoms with Crippen molar-refractivity contribution in [1.82, 2.24) is 15.0 Å². The Morgan fingerprint density at radius 1 is 1.43 bits per heavy atom. The highest BCUT2D eigenvalue weighted by atomic mass is 15.2. The molecule has 0 bridgehead atoms. The Hall–Kier alpha value is -0.870. The minimum atomic E-state index is 0.640. The summed E-state index contributed by atoms with van der Waals surface area (Å²) in [4.78, 5) is 4.23. The molecule has 0 saturated heterocycles. The van der Waals surface area contributed by atoms with Gasteiger partial charge in [-0.15, -0.1) is 0 Å². The largest absolute Gasteiger partial charge is 0.334 e. The molecule has 0 saturated carbocycles. The third kappa shape index (κ3) is 3.47. The Balaban J connectivity index is 2.30. The summed E-state index contributed by atoms with van der Waals surface area (Å²) >= 11 is 0. The maximum Gasteiger partial charge on any atom is 0.124 e. The van der Waals surface area contributed by atoms with Crippen LogP contribution in [0.2, 0.25) is 0 Å². The minimum absolute atomic E-state index is 0.640. The first-order valence-electron chi connectivity index (χ1n) is 5.32. The third-order valence-corrected chi connectivity index (χ3v) is 2.31. The quantitative estimate of drug-likeness (QED) is 0.394. The van der Waals surface area contributed by atoms with Crippen molar-refractivity contribution in [3.8, 4) is 0 Å². The van der Waals surface area contributed by atoms with Crippen LogP contribution in [0.25, 0.3) is 0 Å². The molecule has 0 aliphatic heterocycles. The lowest BCUT2D eigenvalue weighted by atomic mass is 10.2. The van der Waals surface area contributed by atoms with Gasteiger partial charge in [-0.3, -0.25) is 11.3 Å². The second kappa shape index (κ2) is 6.56. The van der Waals surface area contributed by atoms with Crippen molar-refractivity contribution in [1.29, 1.82) is 0 Å². The summed E-state index contributed by atoms with van der Waals surface area (Å²) in [5.41, 5.74) is 2.63. The van der Waals surface area contributed by atoms with Crippen LogP contribution >= 0.6 is 0 Å². The Bertz CT molecular complexity index is 244. The number of imidazole rings is 1. The number of hydrazine groups is 1. The van der Waals surface area contributed by atoms with Crippen LogP contribution in [0, 0.1) is 0 Å². The van der Waals surface area contributed by atoms with Crippen molar-refractivity contribution in [3.05, 3.63) is 18.2 Å². The minimum Gasteiger partial charge on any atom is -0.334 e. The lowest BCUT2D eigenvalue weighted by Gasteiger charge is -2.06. The number of rotatable bonds is 7. The summed E-state index contributed by atoms with van der Waals surface area (Å²) in [6.07, 6.45) is 8.96. The standard InChI is InChI=1S/C10H20N4/c1-2-3-4-5-7-14-8-6-12-10(14)9-13-11/h6,8,13H,2-5,7,9,11H2,1H3. The Morgan fingerprint density at radius 2 is 2.29 bits per heavy atom. The summed E-state index contributed by atoms with van der Waals surface area (Å²) in [5, 5.41) is 0. The van der Waals surface area contributed by atoms with Crippen LogP contribution in [0.3, 0.4) is 0 Å². The smallest absolute Gasteiger partial charge is 0.124 e. The molecule has 0 amide bonds. The summed E-state index contributed by atoms with van der Waals surface area (Å²) in [7, 11) is 0. The molecule has 3 N–H and O–H groups in total. The van der Waals surface area contributed by atoms with E-state index in [9.17, 15) is 0 Å². The molecule has 0 unspecified atom stereocenters. The molecule has 0 spiro atoms. The fraction of sp³-hybridized carbons (Fsp3) is 0.700. The summed E-state index contributed by atoms with van der Waals surface area (Å²) in [6, 6.07) is 0. The monoisotopic (exact) mass is 196 g/mol. The van der Waals surface area contributed by atoms with Gasteiger partial charge in [0.05, 0.1) is 6.54 Å². The molecular weight excluding hydrogens is 176 g/mol. The van der Waals surface area contributed by atoms with Gasteiger partial charge in [-0.2, -0.15) is 0 Å². The van der Waals surface area contributed by atoms with Gasteiger partial charge in [0, 0.05) is 18.9 Å². The number of hydrogen-bond acceptors (Lipinski definition) is 3. The molecule has 0 aliphatic rings. The predicted molar refractivity (Wildman–Crippen MR) is 57.4 cm³/mol. The fourth-order valence-corrected chi connectivity index (χ4v) is 1.51. The van der Waals surface area contributed by atoms with E-state index in [1.807, 2.05) is 12.4 Å². The normalized spacial score (nSPS) is 10.7. The molecule has 1 aromatic heterocycles. The highest BCUT2D eigenvalue weighted by Crippen LogP contribution is 2.04. The van der Waals surface area contributed by atoms with Crippen molar-refractivity contribution >= 4 is 0 Å². The number of unbranched alkanes of at least 4 members (excludes halogenated alkanes) is 3. The van der Waals surface area contributed by atoms with E-state index >= 15 is 0 Å². The molecule has 4 nitrogen and oxygen atoms in total. The van der Waals surface area contributed by atoms with Crippen LogP contribution in [0.4, 0.5) is 0 Å². The molecule has 80 valence electrons. The molecule has 0 aliphatic carbocycles. The van der Waals surface area contributed by atoms with Gasteiger partial charge in [0.25, 0.3) is 0 Å². The maximum atomic E-state index is 5.26. The van der Waals surface area contributed by atoms with Crippen LogP contribution < -0.4 is 11.3 Å². The third-order valence-electron chi connectivity index (χ3n) is 2.31. The Kier molecular flexibility index (Phi) is 5.25. The number of nitrogens with one attached hydrogen (secondary N) is 1. The maximum absolute atomic E-state index is 5.26. The molecule has 1 rings (SSSR count). The fourth-order valence-electron chi connectivity index (χ4n) is 1.51. The first-order valence-corrected chi connectivity index (χ1v) is 5.32. The van der Waals surface area contributed by atoms with Crippen molar-refractivity contribution in [2.75, 3.05) is 0 Å². The van der Waals surface area contributed by atoms with E-state index in [2.05, 4.69) is 21.9 Å². The second-order valence-corrected chi connectivity index (χ2v) is 3.48. The topological polar surface area (TPSA) is 55.9 Å². The summed E-state index contributed by atoms with van der Waals surface area (Å²) < 4.78 is 2.16. The van der Waals surface area contributed by atoms with Crippen molar-refractivity contribution in [2.45, 2.75) is 45.7 Å². The number of aryl methyl sites for hydroxylation is 1. The molecule has 14 heavy (non-hydrogen) atoms. The Labute approximate surface area is 85.5 Å². The number of hydrogen-bond donors (Lipinski definition) is 2. The van der Waals surface area contributed by atoms with Crippen molar-refractivity contribution < 1.29 is 0 Å². The first-order chi connectivity index (χ1) is 6.88. The molecule has 0 aromatic carbocycles. The van der Waals surface area contributed by atoms with Gasteiger partial charge < -0.3 is 4.57 Å². The van der Waals surface area contributed by atoms with E-state index < -0.39 is 0 Å². The average Bonchev–Trinajstić information content (AvgIpc) is 2.61. The average molecular weight is 196 g/mol. The van der Waals surface area contributed by atoms with Crippen molar-refractivity contribution in [2.24, 2.45) is 5.84 Å². The molecule has 4 heteroatoms. The summed E-state index contributed by atoms with van der Waals surface area (Å²) in [6.45, 7) is 3.92. The molecule has 1 aromatic rings. The van der Waals surface area contributed by atoms with E-state index in [1.54, 1.807) is 0 Å². The molecule has 1 heterocycles. The highest BCUT2D eigenvalue weighted by molar-refractivity contribution is 4.91. The predicted octanol–water partition coefficient (Wildman–Crippen LogP) is 1.43. The second-order valence-electron chi connectivity index (χ2n) is 3.48. The molecule has 0 atom stereocenters. The lowest BCUT2D eigenvalue weighted by Crippen LogP contribution is -2.23. The van der Waals surface area contributed by atoms with E-state index in [4.69, 9.17) is 5.84 Å². The van der Waals surface area contributed by atoms with E-state index in [-0.39, 0.29) is 0 Å². The highest BCUT2D eigenvalue weighted by Gasteiger charge is 2.00. The van der Waals surface area contributed by atoms with Gasteiger partial charge >= 0.3 is 0 Å². The van der Waals surface area contributed by atoms with Gasteiger partial charge in [0.1, 0.15) is 5.82 Å². The number of nitrogens with zero attached hydrogens (tertiary/aromatic N) is 2. The van der Waals surface area contributed by atoms with Crippen molar-refractivity contribution in [3.63, 3.8) is 0 Å². The van der Waals surface area contributed by atoms with Crippen LogP contribution in [-0.2, 0) is 13.1 Å². The molecule has 0 fully saturated rings. The zero-order valence-electron chi connectivity index (χ0n) is 8.87. The van der Waals surface area contributed by atoms with Crippen LogP contribution in [0.5, 0.6) is 0 Å². The van der Waals surface area contributed by atoms with E-state index in [0.29, 0.717) is 6.54 Å². The Morgan fingerprint density at radius 3 is 3.00 bits per heavy atom.